The first-order chi connectivity index (χ1) is 18.9. The van der Waals surface area contributed by atoms with Gasteiger partial charge >= 0.3 is 0 Å². The van der Waals surface area contributed by atoms with Gasteiger partial charge in [-0.05, 0) is 29.5 Å². The fourth-order valence-corrected chi connectivity index (χ4v) is 6.37. The quantitative estimate of drug-likeness (QED) is 0.329. The number of benzene rings is 3. The lowest BCUT2D eigenvalue weighted by Gasteiger charge is -2.50. The highest BCUT2D eigenvalue weighted by Crippen LogP contribution is 2.46. The van der Waals surface area contributed by atoms with Gasteiger partial charge in [0.2, 0.25) is 10.0 Å². The Morgan fingerprint density at radius 1 is 0.821 bits per heavy atom. The molecular formula is C31H37NO6S. The van der Waals surface area contributed by atoms with Crippen molar-refractivity contribution in [2.75, 3.05) is 19.9 Å². The molecule has 2 saturated heterocycles. The summed E-state index contributed by atoms with van der Waals surface area (Å²) in [6.07, 6.45) is 1.16. The van der Waals surface area contributed by atoms with Crippen LogP contribution in [0.15, 0.2) is 91.0 Å². The monoisotopic (exact) mass is 551 g/mol. The molecule has 3 aromatic carbocycles. The predicted molar refractivity (Wildman–Crippen MR) is 149 cm³/mol. The first kappa shape index (κ1) is 28.0. The topological polar surface area (TPSA) is 74.3 Å². The minimum atomic E-state index is -3.52. The van der Waals surface area contributed by atoms with Gasteiger partial charge in [0.1, 0.15) is 17.8 Å². The van der Waals surface area contributed by atoms with E-state index >= 15 is 0 Å². The van der Waals surface area contributed by atoms with E-state index in [2.05, 4.69) is 0 Å². The lowest BCUT2D eigenvalue weighted by atomic mass is 9.87. The number of likely N-dealkylation sites (N-methyl/N-ethyl adjacent to an activating group) is 1. The van der Waals surface area contributed by atoms with Crippen LogP contribution in [0.2, 0.25) is 0 Å². The van der Waals surface area contributed by atoms with Crippen LogP contribution in [0.3, 0.4) is 0 Å². The van der Waals surface area contributed by atoms with E-state index < -0.39 is 33.9 Å². The number of rotatable bonds is 12. The van der Waals surface area contributed by atoms with Crippen molar-refractivity contribution in [3.63, 3.8) is 0 Å². The third-order valence-electron chi connectivity index (χ3n) is 7.73. The van der Waals surface area contributed by atoms with Crippen LogP contribution in [-0.4, -0.2) is 62.6 Å². The molecule has 0 amide bonds. The van der Waals surface area contributed by atoms with Crippen molar-refractivity contribution >= 4 is 10.0 Å². The number of hydrogen-bond donors (Lipinski definition) is 0. The Bertz CT molecular complexity index is 1290. The maximum atomic E-state index is 12.8. The molecule has 0 unspecified atom stereocenters. The smallest absolute Gasteiger partial charge is 0.211 e. The Balaban J connectivity index is 1.45. The molecule has 7 nitrogen and oxygen atoms in total. The summed E-state index contributed by atoms with van der Waals surface area (Å²) >= 11 is 0. The van der Waals surface area contributed by atoms with E-state index in [0.717, 1.165) is 16.7 Å². The summed E-state index contributed by atoms with van der Waals surface area (Å²) in [4.78, 5) is 0. The molecule has 0 spiro atoms. The second-order valence-electron chi connectivity index (χ2n) is 10.5. The van der Waals surface area contributed by atoms with Crippen molar-refractivity contribution in [3.05, 3.63) is 108 Å². The zero-order chi connectivity index (χ0) is 27.3. The molecule has 0 saturated carbocycles. The van der Waals surface area contributed by atoms with Crippen LogP contribution in [0.1, 0.15) is 29.5 Å². The molecule has 0 aliphatic carbocycles. The molecule has 2 fully saturated rings. The SMILES string of the molecule is CN([C@@H]1[C@@H](OCc2ccccc2)[C@@H](OCc2ccccc2)[C@]2(COCc3ccccc3)CC[C@H]1O2)S(C)(=O)=O. The molecule has 208 valence electrons. The van der Waals surface area contributed by atoms with Crippen molar-refractivity contribution < 1.29 is 27.4 Å². The fourth-order valence-electron chi connectivity index (χ4n) is 5.67. The molecule has 0 aromatic heterocycles. The molecule has 2 aliphatic heterocycles. The average molecular weight is 552 g/mol. The highest BCUT2D eigenvalue weighted by molar-refractivity contribution is 7.88. The second kappa shape index (κ2) is 12.3. The third-order valence-corrected chi connectivity index (χ3v) is 9.02. The van der Waals surface area contributed by atoms with Gasteiger partial charge in [0, 0.05) is 7.05 Å². The number of nitrogens with zero attached hydrogens (tertiary/aromatic N) is 1. The molecule has 2 bridgehead atoms. The van der Waals surface area contributed by atoms with E-state index in [1.165, 1.54) is 10.6 Å². The standard InChI is InChI=1S/C31H37NO6S/c1-32(39(2,33)34)28-27-18-19-31(38-27,23-35-20-24-12-6-3-7-13-24)30(37-22-26-16-10-5-11-17-26)29(28)36-21-25-14-8-4-9-15-25/h3-17,27-30H,18-23H2,1-2H3/t27-,28+,29-,30-,31-/m1/s1. The Morgan fingerprint density at radius 2 is 1.33 bits per heavy atom. The van der Waals surface area contributed by atoms with E-state index in [4.69, 9.17) is 18.9 Å². The first-order valence-electron chi connectivity index (χ1n) is 13.4. The highest BCUT2D eigenvalue weighted by atomic mass is 32.2. The van der Waals surface area contributed by atoms with Crippen LogP contribution < -0.4 is 0 Å². The summed E-state index contributed by atoms with van der Waals surface area (Å²) in [5.74, 6) is 0. The molecule has 8 heteroatoms. The van der Waals surface area contributed by atoms with E-state index in [9.17, 15) is 8.42 Å². The summed E-state index contributed by atoms with van der Waals surface area (Å²) in [7, 11) is -1.91. The van der Waals surface area contributed by atoms with Gasteiger partial charge in [0.25, 0.3) is 0 Å². The molecule has 5 rings (SSSR count). The normalized spacial score (nSPS) is 26.6. The Morgan fingerprint density at radius 3 is 1.87 bits per heavy atom. The molecule has 2 aliphatic rings. The van der Waals surface area contributed by atoms with Crippen LogP contribution in [0, 0.1) is 0 Å². The number of sulfonamides is 1. The molecular weight excluding hydrogens is 514 g/mol. The summed E-state index contributed by atoms with van der Waals surface area (Å²) in [6, 6.07) is 29.3. The predicted octanol–water partition coefficient (Wildman–Crippen LogP) is 4.57. The minimum Gasteiger partial charge on any atom is -0.374 e. The Kier molecular flexibility index (Phi) is 8.81. The minimum absolute atomic E-state index is 0.318. The summed E-state index contributed by atoms with van der Waals surface area (Å²) in [5.41, 5.74) is 2.35. The van der Waals surface area contributed by atoms with Gasteiger partial charge in [0.05, 0.1) is 44.8 Å². The fraction of sp³-hybridized carbons (Fsp3) is 0.419. The molecule has 5 atom stereocenters. The van der Waals surface area contributed by atoms with Crippen molar-refractivity contribution in [1.82, 2.24) is 4.31 Å². The Labute approximate surface area is 231 Å². The largest absolute Gasteiger partial charge is 0.374 e. The van der Waals surface area contributed by atoms with Gasteiger partial charge in [0.15, 0.2) is 0 Å². The first-order valence-corrected chi connectivity index (χ1v) is 15.2. The molecule has 3 aromatic rings. The summed E-state index contributed by atoms with van der Waals surface area (Å²) in [5, 5.41) is 0. The van der Waals surface area contributed by atoms with Gasteiger partial charge in [-0.15, -0.1) is 0 Å². The number of hydrogen-bond acceptors (Lipinski definition) is 6. The zero-order valence-electron chi connectivity index (χ0n) is 22.5. The van der Waals surface area contributed by atoms with Crippen molar-refractivity contribution in [2.45, 2.75) is 62.6 Å². The zero-order valence-corrected chi connectivity index (χ0v) is 23.3. The third kappa shape index (κ3) is 6.60. The average Bonchev–Trinajstić information content (AvgIpc) is 3.32. The molecule has 39 heavy (non-hydrogen) atoms. The lowest BCUT2D eigenvalue weighted by Crippen LogP contribution is -2.67. The van der Waals surface area contributed by atoms with Crippen LogP contribution in [0.4, 0.5) is 0 Å². The van der Waals surface area contributed by atoms with Crippen LogP contribution >= 0.6 is 0 Å². The van der Waals surface area contributed by atoms with Gasteiger partial charge < -0.3 is 18.9 Å². The lowest BCUT2D eigenvalue weighted by molar-refractivity contribution is -0.261. The van der Waals surface area contributed by atoms with E-state index in [1.807, 2.05) is 91.0 Å². The van der Waals surface area contributed by atoms with Crippen LogP contribution in [-0.2, 0) is 48.8 Å². The van der Waals surface area contributed by atoms with Gasteiger partial charge in [-0.2, -0.15) is 4.31 Å². The highest BCUT2D eigenvalue weighted by Gasteiger charge is 2.61. The maximum absolute atomic E-state index is 12.8. The van der Waals surface area contributed by atoms with Gasteiger partial charge in [-0.25, -0.2) is 8.42 Å². The van der Waals surface area contributed by atoms with Crippen molar-refractivity contribution in [1.29, 1.82) is 0 Å². The van der Waals surface area contributed by atoms with E-state index in [-0.39, 0.29) is 6.10 Å². The van der Waals surface area contributed by atoms with Gasteiger partial charge in [-0.1, -0.05) is 91.0 Å². The second-order valence-corrected chi connectivity index (χ2v) is 12.5. The number of fused-ring (bicyclic) bond motifs is 2. The Hall–Kier alpha value is -2.59. The maximum Gasteiger partial charge on any atom is 0.211 e. The van der Waals surface area contributed by atoms with Crippen LogP contribution in [0.5, 0.6) is 0 Å². The molecule has 2 heterocycles. The summed E-state index contributed by atoms with van der Waals surface area (Å²) in [6.45, 7) is 1.45. The van der Waals surface area contributed by atoms with Gasteiger partial charge in [-0.3, -0.25) is 0 Å². The van der Waals surface area contributed by atoms with Crippen LogP contribution in [0.25, 0.3) is 0 Å². The van der Waals surface area contributed by atoms with Crippen molar-refractivity contribution in [3.8, 4) is 0 Å². The summed E-state index contributed by atoms with van der Waals surface area (Å²) < 4.78 is 53.1. The molecule has 0 N–H and O–H groups in total. The number of ether oxygens (including phenoxy) is 4. The van der Waals surface area contributed by atoms with E-state index in [0.29, 0.717) is 39.3 Å². The van der Waals surface area contributed by atoms with E-state index in [1.54, 1.807) is 7.05 Å². The molecule has 0 radical (unpaired) electrons. The van der Waals surface area contributed by atoms with Crippen molar-refractivity contribution in [2.24, 2.45) is 0 Å².